The molecule has 0 saturated carbocycles. The number of alkyl halides is 2. The van der Waals surface area contributed by atoms with Crippen LogP contribution in [0.1, 0.15) is 29.3 Å². The van der Waals surface area contributed by atoms with E-state index >= 15 is 0 Å². The molecule has 1 N–H and O–H groups in total. The zero-order chi connectivity index (χ0) is 19.3. The highest BCUT2D eigenvalue weighted by molar-refractivity contribution is 7.10. The number of aliphatic carboxylic acids is 1. The van der Waals surface area contributed by atoms with Gasteiger partial charge in [0.15, 0.2) is 0 Å². The maximum atomic E-state index is 14.0. The van der Waals surface area contributed by atoms with Crippen LogP contribution >= 0.6 is 22.9 Å². The highest BCUT2D eigenvalue weighted by Crippen LogP contribution is 2.38. The van der Waals surface area contributed by atoms with Crippen molar-refractivity contribution in [1.82, 2.24) is 5.01 Å². The lowest BCUT2D eigenvalue weighted by Crippen LogP contribution is -2.37. The summed E-state index contributed by atoms with van der Waals surface area (Å²) in [7, 11) is 0. The first kappa shape index (κ1) is 18.4. The van der Waals surface area contributed by atoms with Crippen LogP contribution in [0.3, 0.4) is 0 Å². The number of rotatable bonds is 4. The minimum atomic E-state index is -3.92. The maximum Gasteiger partial charge on any atom is 0.379 e. The molecule has 3 aliphatic rings. The van der Waals surface area contributed by atoms with Crippen molar-refractivity contribution >= 4 is 40.7 Å². The second-order valence-corrected chi connectivity index (χ2v) is 8.35. The maximum absolute atomic E-state index is 14.0. The van der Waals surface area contributed by atoms with E-state index in [-0.39, 0.29) is 5.92 Å². The Bertz CT molecular complexity index is 932. The second-order valence-electron chi connectivity index (χ2n) is 6.91. The summed E-state index contributed by atoms with van der Waals surface area (Å²) in [4.78, 5) is 12.2. The minimum absolute atomic E-state index is 0.132. The highest BCUT2D eigenvalue weighted by atomic mass is 35.5. The first-order chi connectivity index (χ1) is 12.8. The van der Waals surface area contributed by atoms with Gasteiger partial charge in [-0.15, -0.1) is 11.3 Å². The number of halogens is 3. The van der Waals surface area contributed by atoms with E-state index in [0.29, 0.717) is 6.54 Å². The molecule has 0 fully saturated rings. The zero-order valence-corrected chi connectivity index (χ0v) is 16.0. The smallest absolute Gasteiger partial charge is 0.379 e. The molecule has 2 aliphatic carbocycles. The van der Waals surface area contributed by atoms with Crippen LogP contribution in [-0.4, -0.2) is 33.8 Å². The van der Waals surface area contributed by atoms with Gasteiger partial charge in [-0.25, -0.2) is 4.79 Å². The van der Waals surface area contributed by atoms with Crippen LogP contribution in [0, 0.1) is 5.92 Å². The highest BCUT2D eigenvalue weighted by Gasteiger charge is 2.45. The van der Waals surface area contributed by atoms with Crippen molar-refractivity contribution in [2.45, 2.75) is 38.3 Å². The molecule has 1 aromatic rings. The SMILES string of the molecule is CC1=NN(Cc2csc3c2C=C(Cl)CC3)C2C=C(C(F)(F)C(=O)O)C=CC12. The third kappa shape index (κ3) is 3.12. The first-order valence-electron chi connectivity index (χ1n) is 8.56. The predicted octanol–water partition coefficient (Wildman–Crippen LogP) is 4.67. The fourth-order valence-corrected chi connectivity index (χ4v) is 4.93. The molecular formula is C19H17ClF2N2O2S. The molecule has 8 heteroatoms. The van der Waals surface area contributed by atoms with Crippen molar-refractivity contribution < 1.29 is 18.7 Å². The molecule has 1 aromatic heterocycles. The number of hydrogen-bond donors (Lipinski definition) is 1. The fourth-order valence-electron chi connectivity index (χ4n) is 3.71. The van der Waals surface area contributed by atoms with Crippen LogP contribution in [0.25, 0.3) is 6.08 Å². The molecule has 0 aromatic carbocycles. The van der Waals surface area contributed by atoms with E-state index in [2.05, 4.69) is 10.5 Å². The summed E-state index contributed by atoms with van der Waals surface area (Å²) in [5.41, 5.74) is 2.47. The molecule has 4 rings (SSSR count). The number of hydrogen-bond acceptors (Lipinski definition) is 4. The third-order valence-electron chi connectivity index (χ3n) is 5.16. The zero-order valence-electron chi connectivity index (χ0n) is 14.5. The molecular weight excluding hydrogens is 394 g/mol. The van der Waals surface area contributed by atoms with Gasteiger partial charge in [0.25, 0.3) is 0 Å². The standard InChI is InChI=1S/C19H17ClF2N2O2S/c1-10-14-4-2-12(19(21,22)18(25)26)6-16(14)24(23-10)8-11-9-27-17-5-3-13(20)7-15(11)17/h2,4,6-7,9,14,16H,3,5,8H2,1H3,(H,25,26). The number of carboxylic acid groups (broad SMARTS) is 1. The normalized spacial score (nSPS) is 24.1. The number of nitrogens with zero attached hydrogens (tertiary/aromatic N) is 2. The molecule has 27 heavy (non-hydrogen) atoms. The summed E-state index contributed by atoms with van der Waals surface area (Å²) >= 11 is 7.86. The number of thiophene rings is 1. The summed E-state index contributed by atoms with van der Waals surface area (Å²) in [6.07, 6.45) is 7.86. The van der Waals surface area contributed by atoms with Crippen LogP contribution in [0.4, 0.5) is 8.78 Å². The van der Waals surface area contributed by atoms with Gasteiger partial charge in [0, 0.05) is 27.1 Å². The van der Waals surface area contributed by atoms with Gasteiger partial charge in [0.05, 0.1) is 12.6 Å². The average molecular weight is 411 g/mol. The summed E-state index contributed by atoms with van der Waals surface area (Å²) in [5.74, 6) is -6.20. The van der Waals surface area contributed by atoms with Crippen molar-refractivity contribution in [3.8, 4) is 0 Å². The van der Waals surface area contributed by atoms with Crippen molar-refractivity contribution in [2.75, 3.05) is 0 Å². The fraction of sp³-hybridized carbons (Fsp3) is 0.368. The summed E-state index contributed by atoms with van der Waals surface area (Å²) < 4.78 is 27.9. The molecule has 0 amide bonds. The quantitative estimate of drug-likeness (QED) is 0.785. The molecule has 2 heterocycles. The Morgan fingerprint density at radius 3 is 3.00 bits per heavy atom. The minimum Gasteiger partial charge on any atom is -0.477 e. The average Bonchev–Trinajstić information content (AvgIpc) is 3.16. The van der Waals surface area contributed by atoms with E-state index in [4.69, 9.17) is 16.7 Å². The Morgan fingerprint density at radius 1 is 1.48 bits per heavy atom. The van der Waals surface area contributed by atoms with Crippen molar-refractivity contribution in [2.24, 2.45) is 11.0 Å². The summed E-state index contributed by atoms with van der Waals surface area (Å²) in [5, 5.41) is 18.0. The van der Waals surface area contributed by atoms with E-state index in [1.54, 1.807) is 22.4 Å². The van der Waals surface area contributed by atoms with E-state index in [0.717, 1.165) is 34.7 Å². The lowest BCUT2D eigenvalue weighted by Gasteiger charge is -2.28. The topological polar surface area (TPSA) is 52.9 Å². The van der Waals surface area contributed by atoms with Crippen LogP contribution in [0.2, 0.25) is 0 Å². The largest absolute Gasteiger partial charge is 0.477 e. The van der Waals surface area contributed by atoms with Crippen LogP contribution in [0.15, 0.2) is 39.3 Å². The van der Waals surface area contributed by atoms with Crippen molar-refractivity contribution in [3.05, 3.63) is 50.2 Å². The Labute approximate surface area is 164 Å². The number of allylic oxidation sites excluding steroid dienone is 2. The Kier molecular flexibility index (Phi) is 4.47. The van der Waals surface area contributed by atoms with Gasteiger partial charge in [-0.05, 0) is 48.4 Å². The molecule has 4 nitrogen and oxygen atoms in total. The number of carbonyl (C=O) groups is 1. The molecule has 2 atom stereocenters. The third-order valence-corrected chi connectivity index (χ3v) is 6.57. The second kappa shape index (κ2) is 6.56. The van der Waals surface area contributed by atoms with Gasteiger partial charge in [-0.3, -0.25) is 5.01 Å². The summed E-state index contributed by atoms with van der Waals surface area (Å²) in [6.45, 7) is 2.32. The van der Waals surface area contributed by atoms with Gasteiger partial charge in [-0.1, -0.05) is 23.8 Å². The van der Waals surface area contributed by atoms with E-state index in [1.165, 1.54) is 17.0 Å². The van der Waals surface area contributed by atoms with Crippen molar-refractivity contribution in [3.63, 3.8) is 0 Å². The molecule has 0 radical (unpaired) electrons. The van der Waals surface area contributed by atoms with Gasteiger partial charge < -0.3 is 5.11 Å². The molecule has 0 spiro atoms. The van der Waals surface area contributed by atoms with Crippen LogP contribution in [-0.2, 0) is 17.8 Å². The molecule has 0 saturated heterocycles. The van der Waals surface area contributed by atoms with E-state index < -0.39 is 23.5 Å². The Balaban J connectivity index is 1.63. The van der Waals surface area contributed by atoms with Crippen LogP contribution < -0.4 is 0 Å². The van der Waals surface area contributed by atoms with Gasteiger partial charge >= 0.3 is 11.9 Å². The Hall–Kier alpha value is -1.99. The van der Waals surface area contributed by atoms with E-state index in [9.17, 15) is 13.6 Å². The lowest BCUT2D eigenvalue weighted by molar-refractivity contribution is -0.159. The van der Waals surface area contributed by atoms with Gasteiger partial charge in [0.1, 0.15) is 0 Å². The molecule has 1 aliphatic heterocycles. The Morgan fingerprint density at radius 2 is 2.26 bits per heavy atom. The number of hydrazone groups is 1. The lowest BCUT2D eigenvalue weighted by atomic mass is 9.87. The monoisotopic (exact) mass is 410 g/mol. The predicted molar refractivity (Wildman–Crippen MR) is 102 cm³/mol. The molecule has 0 bridgehead atoms. The first-order valence-corrected chi connectivity index (χ1v) is 9.82. The molecule has 2 unspecified atom stereocenters. The van der Waals surface area contributed by atoms with Gasteiger partial charge in [0.2, 0.25) is 0 Å². The van der Waals surface area contributed by atoms with E-state index in [1.807, 2.05) is 13.0 Å². The van der Waals surface area contributed by atoms with Crippen LogP contribution in [0.5, 0.6) is 0 Å². The number of carboxylic acids is 1. The van der Waals surface area contributed by atoms with Gasteiger partial charge in [-0.2, -0.15) is 13.9 Å². The summed E-state index contributed by atoms with van der Waals surface area (Å²) in [6, 6.07) is -0.422. The number of fused-ring (bicyclic) bond motifs is 2. The number of aryl methyl sites for hydroxylation is 1. The molecule has 142 valence electrons. The van der Waals surface area contributed by atoms with Crippen molar-refractivity contribution in [1.29, 1.82) is 0 Å².